The van der Waals surface area contributed by atoms with Crippen molar-refractivity contribution < 1.29 is 0 Å². The van der Waals surface area contributed by atoms with Crippen molar-refractivity contribution in [3.8, 4) is 5.82 Å². The van der Waals surface area contributed by atoms with Crippen LogP contribution in [0.3, 0.4) is 0 Å². The molecule has 0 aliphatic rings. The molecule has 20 heavy (non-hydrogen) atoms. The zero-order valence-corrected chi connectivity index (χ0v) is 12.9. The molecule has 0 saturated heterocycles. The minimum atomic E-state index is -0.127. The topological polar surface area (TPSA) is 98.3 Å². The molecule has 0 amide bonds. The van der Waals surface area contributed by atoms with E-state index < -0.39 is 0 Å². The first kappa shape index (κ1) is 13.0. The molecule has 3 aromatic rings. The van der Waals surface area contributed by atoms with Crippen LogP contribution in [-0.4, -0.2) is 29.7 Å². The fourth-order valence-electron chi connectivity index (χ4n) is 1.97. The number of nitrogens with one attached hydrogen (secondary N) is 1. The zero-order chi connectivity index (χ0) is 14.5. The van der Waals surface area contributed by atoms with Gasteiger partial charge in [0.2, 0.25) is 0 Å². The molecule has 0 saturated carbocycles. The first-order valence-corrected chi connectivity index (χ1v) is 6.88. The predicted octanol–water partition coefficient (Wildman–Crippen LogP) is 2.18. The monoisotopic (exact) mass is 335 g/mol. The van der Waals surface area contributed by atoms with E-state index in [1.807, 2.05) is 0 Å². The van der Waals surface area contributed by atoms with Crippen LogP contribution in [0.25, 0.3) is 17.0 Å². The number of hydrogen-bond donors (Lipinski definition) is 2. The van der Waals surface area contributed by atoms with Gasteiger partial charge in [0.15, 0.2) is 11.5 Å². The van der Waals surface area contributed by atoms with Crippen LogP contribution >= 0.6 is 15.9 Å². The molecule has 3 heterocycles. The SMILES string of the molecule is CC(C)(C)c1nn(-c2ncnc3nc[nH]c23)c(N)c1Br. The van der Waals surface area contributed by atoms with E-state index in [-0.39, 0.29) is 5.41 Å². The number of hydrogen-bond acceptors (Lipinski definition) is 5. The summed E-state index contributed by atoms with van der Waals surface area (Å²) in [5.74, 6) is 1.09. The molecule has 0 aliphatic carbocycles. The van der Waals surface area contributed by atoms with Crippen molar-refractivity contribution in [1.29, 1.82) is 0 Å². The Kier molecular flexibility index (Phi) is 2.79. The highest BCUT2D eigenvalue weighted by Gasteiger charge is 2.26. The number of nitrogen functional groups attached to an aromatic ring is 1. The van der Waals surface area contributed by atoms with Crippen molar-refractivity contribution in [3.63, 3.8) is 0 Å². The van der Waals surface area contributed by atoms with Gasteiger partial charge in [0.1, 0.15) is 17.7 Å². The summed E-state index contributed by atoms with van der Waals surface area (Å²) in [6.07, 6.45) is 3.02. The third-order valence-corrected chi connectivity index (χ3v) is 3.76. The summed E-state index contributed by atoms with van der Waals surface area (Å²) in [5, 5.41) is 4.59. The number of H-pyrrole nitrogens is 1. The van der Waals surface area contributed by atoms with Crippen molar-refractivity contribution in [2.75, 3.05) is 5.73 Å². The summed E-state index contributed by atoms with van der Waals surface area (Å²) in [7, 11) is 0. The lowest BCUT2D eigenvalue weighted by molar-refractivity contribution is 0.557. The Morgan fingerprint density at radius 1 is 1.25 bits per heavy atom. The molecule has 7 nitrogen and oxygen atoms in total. The van der Waals surface area contributed by atoms with Crippen LogP contribution in [0.4, 0.5) is 5.82 Å². The van der Waals surface area contributed by atoms with Crippen molar-refractivity contribution in [3.05, 3.63) is 22.8 Å². The van der Waals surface area contributed by atoms with Gasteiger partial charge in [-0.05, 0) is 15.9 Å². The number of anilines is 1. The fraction of sp³-hybridized carbons (Fsp3) is 0.333. The van der Waals surface area contributed by atoms with Gasteiger partial charge in [-0.2, -0.15) is 9.78 Å². The Labute approximate surface area is 123 Å². The van der Waals surface area contributed by atoms with Gasteiger partial charge < -0.3 is 10.7 Å². The summed E-state index contributed by atoms with van der Waals surface area (Å²) in [6, 6.07) is 0. The lowest BCUT2D eigenvalue weighted by Gasteiger charge is -2.15. The molecule has 104 valence electrons. The second-order valence-corrected chi connectivity index (χ2v) is 6.30. The maximum absolute atomic E-state index is 6.15. The number of nitrogens with two attached hydrogens (primary N) is 1. The third-order valence-electron chi connectivity index (χ3n) is 2.97. The molecular weight excluding hydrogens is 322 g/mol. The summed E-state index contributed by atoms with van der Waals surface area (Å²) < 4.78 is 2.39. The number of rotatable bonds is 1. The van der Waals surface area contributed by atoms with Crippen LogP contribution in [0.2, 0.25) is 0 Å². The number of nitrogens with zero attached hydrogens (tertiary/aromatic N) is 5. The van der Waals surface area contributed by atoms with Gasteiger partial charge >= 0.3 is 0 Å². The summed E-state index contributed by atoms with van der Waals surface area (Å²) >= 11 is 3.51. The Bertz CT molecular complexity index is 781. The third kappa shape index (κ3) is 1.87. The lowest BCUT2D eigenvalue weighted by atomic mass is 9.92. The molecular formula is C12H14BrN7. The highest BCUT2D eigenvalue weighted by Crippen LogP contribution is 2.34. The highest BCUT2D eigenvalue weighted by molar-refractivity contribution is 9.10. The molecule has 3 aromatic heterocycles. The smallest absolute Gasteiger partial charge is 0.184 e. The van der Waals surface area contributed by atoms with Gasteiger partial charge in [0, 0.05) is 5.41 Å². The maximum Gasteiger partial charge on any atom is 0.184 e. The van der Waals surface area contributed by atoms with E-state index in [1.165, 1.54) is 6.33 Å². The molecule has 0 radical (unpaired) electrons. The molecule has 0 spiro atoms. The van der Waals surface area contributed by atoms with E-state index in [9.17, 15) is 0 Å². The van der Waals surface area contributed by atoms with Crippen LogP contribution in [-0.2, 0) is 5.41 Å². The van der Waals surface area contributed by atoms with Crippen LogP contribution in [0, 0.1) is 0 Å². The quantitative estimate of drug-likeness (QED) is 0.710. The average Bonchev–Trinajstić information content (AvgIpc) is 2.95. The highest BCUT2D eigenvalue weighted by atomic mass is 79.9. The van der Waals surface area contributed by atoms with Crippen LogP contribution < -0.4 is 5.73 Å². The van der Waals surface area contributed by atoms with Gasteiger partial charge in [-0.1, -0.05) is 20.8 Å². The summed E-state index contributed by atoms with van der Waals surface area (Å²) in [4.78, 5) is 15.5. The minimum absolute atomic E-state index is 0.127. The molecule has 3 N–H and O–H groups in total. The standard InChI is InChI=1S/C12H14BrN7/c1-12(2,3)8-6(13)9(14)20(19-8)11-7-10(16-4-15-7)17-5-18-11/h4-5H,14H2,1-3H3,(H,15,16,17,18). The van der Waals surface area contributed by atoms with Crippen molar-refractivity contribution in [2.24, 2.45) is 0 Å². The number of halogens is 1. The van der Waals surface area contributed by atoms with E-state index >= 15 is 0 Å². The predicted molar refractivity (Wildman–Crippen MR) is 79.6 cm³/mol. The molecule has 3 rings (SSSR count). The average molecular weight is 336 g/mol. The van der Waals surface area contributed by atoms with Gasteiger partial charge in [-0.15, -0.1) is 0 Å². The Morgan fingerprint density at radius 2 is 2.00 bits per heavy atom. The molecule has 8 heteroatoms. The summed E-state index contributed by atoms with van der Waals surface area (Å²) in [5.41, 5.74) is 8.19. The van der Waals surface area contributed by atoms with E-state index in [2.05, 4.69) is 61.7 Å². The van der Waals surface area contributed by atoms with E-state index in [0.29, 0.717) is 22.8 Å². The van der Waals surface area contributed by atoms with Crippen LogP contribution in [0.15, 0.2) is 17.1 Å². The number of imidazole rings is 1. The number of aromatic nitrogens is 6. The van der Waals surface area contributed by atoms with E-state index in [4.69, 9.17) is 5.73 Å². The number of aromatic amines is 1. The van der Waals surface area contributed by atoms with Crippen LogP contribution in [0.1, 0.15) is 26.5 Å². The van der Waals surface area contributed by atoms with Gasteiger partial charge in [0.25, 0.3) is 0 Å². The van der Waals surface area contributed by atoms with Gasteiger partial charge in [0.05, 0.1) is 16.5 Å². The van der Waals surface area contributed by atoms with Crippen LogP contribution in [0.5, 0.6) is 0 Å². The maximum atomic E-state index is 6.15. The molecule has 0 aliphatic heterocycles. The van der Waals surface area contributed by atoms with Crippen molar-refractivity contribution in [2.45, 2.75) is 26.2 Å². The van der Waals surface area contributed by atoms with Gasteiger partial charge in [-0.25, -0.2) is 15.0 Å². The summed E-state index contributed by atoms with van der Waals surface area (Å²) in [6.45, 7) is 6.24. The second kappa shape index (κ2) is 4.27. The largest absolute Gasteiger partial charge is 0.383 e. The normalized spacial score (nSPS) is 12.2. The van der Waals surface area contributed by atoms with Crippen molar-refractivity contribution >= 4 is 32.9 Å². The molecule has 0 fully saturated rings. The fourth-order valence-corrected chi connectivity index (χ4v) is 2.81. The lowest BCUT2D eigenvalue weighted by Crippen LogP contribution is -2.13. The van der Waals surface area contributed by atoms with E-state index in [1.54, 1.807) is 11.0 Å². The van der Waals surface area contributed by atoms with E-state index in [0.717, 1.165) is 10.2 Å². The Balaban J connectivity index is 2.28. The zero-order valence-electron chi connectivity index (χ0n) is 11.3. The molecule has 0 bridgehead atoms. The van der Waals surface area contributed by atoms with Crippen molar-refractivity contribution in [1.82, 2.24) is 29.7 Å². The molecule has 0 unspecified atom stereocenters. The first-order chi connectivity index (χ1) is 9.39. The Morgan fingerprint density at radius 3 is 2.65 bits per heavy atom. The molecule has 0 aromatic carbocycles. The minimum Gasteiger partial charge on any atom is -0.383 e. The second-order valence-electron chi connectivity index (χ2n) is 5.51. The number of fused-ring (bicyclic) bond motifs is 1. The molecule has 0 atom stereocenters. The Hall–Kier alpha value is -1.96. The van der Waals surface area contributed by atoms with Gasteiger partial charge in [-0.3, -0.25) is 0 Å². The first-order valence-electron chi connectivity index (χ1n) is 6.08.